The molecule has 0 saturated heterocycles. The second-order valence-electron chi connectivity index (χ2n) is 4.10. The highest BCUT2D eigenvalue weighted by Gasteiger charge is 2.22. The van der Waals surface area contributed by atoms with E-state index in [0.29, 0.717) is 5.92 Å². The SMILES string of the molecule is CCCn1nncc1C(NN)C(CC)CC. The second kappa shape index (κ2) is 6.60. The van der Waals surface area contributed by atoms with Gasteiger partial charge < -0.3 is 0 Å². The van der Waals surface area contributed by atoms with Crippen LogP contribution in [0, 0.1) is 5.92 Å². The molecule has 0 aliphatic heterocycles. The zero-order valence-electron chi connectivity index (χ0n) is 10.5. The highest BCUT2D eigenvalue weighted by molar-refractivity contribution is 5.03. The Morgan fingerprint density at radius 2 is 2.06 bits per heavy atom. The molecule has 0 aliphatic rings. The van der Waals surface area contributed by atoms with Gasteiger partial charge in [-0.2, -0.15) is 0 Å². The summed E-state index contributed by atoms with van der Waals surface area (Å²) >= 11 is 0. The number of nitrogens with two attached hydrogens (primary N) is 1. The van der Waals surface area contributed by atoms with Crippen LogP contribution < -0.4 is 11.3 Å². The maximum Gasteiger partial charge on any atom is 0.0772 e. The van der Waals surface area contributed by atoms with Crippen molar-refractivity contribution in [3.05, 3.63) is 11.9 Å². The quantitative estimate of drug-likeness (QED) is 0.546. The van der Waals surface area contributed by atoms with Crippen LogP contribution in [0.4, 0.5) is 0 Å². The van der Waals surface area contributed by atoms with E-state index < -0.39 is 0 Å². The van der Waals surface area contributed by atoms with Crippen molar-refractivity contribution in [2.24, 2.45) is 11.8 Å². The predicted octanol–water partition coefficient (Wildman–Crippen LogP) is 1.63. The van der Waals surface area contributed by atoms with E-state index in [4.69, 9.17) is 5.84 Å². The van der Waals surface area contributed by atoms with Crippen LogP contribution in [-0.2, 0) is 6.54 Å². The summed E-state index contributed by atoms with van der Waals surface area (Å²) in [5.74, 6) is 6.19. The van der Waals surface area contributed by atoms with E-state index in [9.17, 15) is 0 Å². The van der Waals surface area contributed by atoms with Crippen molar-refractivity contribution >= 4 is 0 Å². The van der Waals surface area contributed by atoms with Crippen LogP contribution in [0.3, 0.4) is 0 Å². The van der Waals surface area contributed by atoms with Crippen LogP contribution in [0.25, 0.3) is 0 Å². The highest BCUT2D eigenvalue weighted by Crippen LogP contribution is 2.25. The summed E-state index contributed by atoms with van der Waals surface area (Å²) in [5, 5.41) is 8.07. The van der Waals surface area contributed by atoms with Gasteiger partial charge in [0.05, 0.1) is 17.9 Å². The van der Waals surface area contributed by atoms with Gasteiger partial charge in [0.15, 0.2) is 0 Å². The fraction of sp³-hybridized carbons (Fsp3) is 0.818. The third-order valence-corrected chi connectivity index (χ3v) is 3.10. The van der Waals surface area contributed by atoms with Crippen LogP contribution >= 0.6 is 0 Å². The molecule has 0 fully saturated rings. The molecular weight excluding hydrogens is 202 g/mol. The molecule has 0 bridgehead atoms. The summed E-state index contributed by atoms with van der Waals surface area (Å²) < 4.78 is 1.95. The second-order valence-corrected chi connectivity index (χ2v) is 4.10. The molecule has 0 aromatic carbocycles. The minimum absolute atomic E-state index is 0.150. The molecule has 1 rings (SSSR count). The van der Waals surface area contributed by atoms with Gasteiger partial charge in [-0.3, -0.25) is 11.3 Å². The molecule has 1 unspecified atom stereocenters. The molecule has 0 amide bonds. The summed E-state index contributed by atoms with van der Waals surface area (Å²) in [6.07, 6.45) is 5.07. The first-order chi connectivity index (χ1) is 7.78. The number of aromatic nitrogens is 3. The Morgan fingerprint density at radius 3 is 2.56 bits per heavy atom. The van der Waals surface area contributed by atoms with Crippen molar-refractivity contribution in [1.82, 2.24) is 20.4 Å². The largest absolute Gasteiger partial charge is 0.271 e. The Kier molecular flexibility index (Phi) is 5.42. The molecule has 1 atom stereocenters. The maximum atomic E-state index is 5.66. The Labute approximate surface area is 97.4 Å². The molecule has 1 heterocycles. The lowest BCUT2D eigenvalue weighted by Gasteiger charge is -2.24. The van der Waals surface area contributed by atoms with Crippen molar-refractivity contribution in [2.75, 3.05) is 0 Å². The molecule has 5 heteroatoms. The summed E-state index contributed by atoms with van der Waals surface area (Å²) in [6.45, 7) is 7.40. The Balaban J connectivity index is 2.88. The molecule has 0 aliphatic carbocycles. The van der Waals surface area contributed by atoms with Crippen LogP contribution in [0.1, 0.15) is 51.8 Å². The van der Waals surface area contributed by atoms with Gasteiger partial charge in [0, 0.05) is 6.54 Å². The van der Waals surface area contributed by atoms with Crippen molar-refractivity contribution < 1.29 is 0 Å². The standard InChI is InChI=1S/C11H23N5/c1-4-7-16-10(8-13-15-16)11(14-12)9(5-2)6-3/h8-9,11,14H,4-7,12H2,1-3H3. The monoisotopic (exact) mass is 225 g/mol. The van der Waals surface area contributed by atoms with Crippen molar-refractivity contribution in [1.29, 1.82) is 0 Å². The van der Waals surface area contributed by atoms with E-state index in [1.54, 1.807) is 0 Å². The topological polar surface area (TPSA) is 68.8 Å². The van der Waals surface area contributed by atoms with E-state index in [1.807, 2.05) is 10.9 Å². The van der Waals surface area contributed by atoms with Gasteiger partial charge in [-0.05, 0) is 12.3 Å². The molecule has 0 saturated carbocycles. The van der Waals surface area contributed by atoms with E-state index in [2.05, 4.69) is 36.5 Å². The van der Waals surface area contributed by atoms with Gasteiger partial charge in [0.1, 0.15) is 0 Å². The average Bonchev–Trinajstić information content (AvgIpc) is 2.74. The normalized spacial score (nSPS) is 13.3. The minimum Gasteiger partial charge on any atom is -0.271 e. The zero-order valence-corrected chi connectivity index (χ0v) is 10.5. The molecule has 0 radical (unpaired) electrons. The van der Waals surface area contributed by atoms with Gasteiger partial charge >= 0.3 is 0 Å². The van der Waals surface area contributed by atoms with Gasteiger partial charge in [0.2, 0.25) is 0 Å². The number of hydrogen-bond donors (Lipinski definition) is 2. The van der Waals surface area contributed by atoms with Gasteiger partial charge in [-0.25, -0.2) is 4.68 Å². The summed E-state index contributed by atoms with van der Waals surface area (Å²) in [4.78, 5) is 0. The van der Waals surface area contributed by atoms with Crippen molar-refractivity contribution in [3.8, 4) is 0 Å². The minimum atomic E-state index is 0.150. The number of rotatable bonds is 7. The fourth-order valence-electron chi connectivity index (χ4n) is 2.12. The van der Waals surface area contributed by atoms with Gasteiger partial charge in [-0.1, -0.05) is 38.8 Å². The summed E-state index contributed by atoms with van der Waals surface area (Å²) in [6, 6.07) is 0.150. The Bertz CT molecular complexity index is 292. The highest BCUT2D eigenvalue weighted by atomic mass is 15.4. The van der Waals surface area contributed by atoms with E-state index in [0.717, 1.165) is 31.5 Å². The number of nitrogens with one attached hydrogen (secondary N) is 1. The first-order valence-corrected chi connectivity index (χ1v) is 6.12. The first-order valence-electron chi connectivity index (χ1n) is 6.12. The molecule has 5 nitrogen and oxygen atoms in total. The summed E-state index contributed by atoms with van der Waals surface area (Å²) in [7, 11) is 0. The number of hydrogen-bond acceptors (Lipinski definition) is 4. The number of nitrogens with zero attached hydrogens (tertiary/aromatic N) is 3. The predicted molar refractivity (Wildman–Crippen MR) is 64.4 cm³/mol. The third kappa shape index (κ3) is 2.80. The molecule has 1 aromatic rings. The number of hydrazine groups is 1. The molecule has 3 N–H and O–H groups in total. The number of aryl methyl sites for hydroxylation is 1. The van der Waals surface area contributed by atoms with Crippen LogP contribution in [-0.4, -0.2) is 15.0 Å². The van der Waals surface area contributed by atoms with E-state index in [1.165, 1.54) is 0 Å². The molecule has 0 spiro atoms. The van der Waals surface area contributed by atoms with Crippen LogP contribution in [0.5, 0.6) is 0 Å². The third-order valence-electron chi connectivity index (χ3n) is 3.10. The molecule has 1 aromatic heterocycles. The average molecular weight is 225 g/mol. The zero-order chi connectivity index (χ0) is 12.0. The molecule has 16 heavy (non-hydrogen) atoms. The fourth-order valence-corrected chi connectivity index (χ4v) is 2.12. The van der Waals surface area contributed by atoms with Gasteiger partial charge in [0.25, 0.3) is 0 Å². The molecule has 92 valence electrons. The summed E-state index contributed by atoms with van der Waals surface area (Å²) in [5.41, 5.74) is 4.00. The maximum absolute atomic E-state index is 5.66. The van der Waals surface area contributed by atoms with Gasteiger partial charge in [-0.15, -0.1) is 5.10 Å². The lowest BCUT2D eigenvalue weighted by atomic mass is 9.92. The van der Waals surface area contributed by atoms with E-state index >= 15 is 0 Å². The lowest BCUT2D eigenvalue weighted by molar-refractivity contribution is 0.325. The first kappa shape index (κ1) is 13.1. The Morgan fingerprint density at radius 1 is 1.38 bits per heavy atom. The Hall–Kier alpha value is -0.940. The van der Waals surface area contributed by atoms with E-state index in [-0.39, 0.29) is 6.04 Å². The van der Waals surface area contributed by atoms with Crippen LogP contribution in [0.2, 0.25) is 0 Å². The van der Waals surface area contributed by atoms with Crippen molar-refractivity contribution in [2.45, 2.75) is 52.6 Å². The van der Waals surface area contributed by atoms with Crippen LogP contribution in [0.15, 0.2) is 6.20 Å². The smallest absolute Gasteiger partial charge is 0.0772 e. The van der Waals surface area contributed by atoms with Crippen molar-refractivity contribution in [3.63, 3.8) is 0 Å². The lowest BCUT2D eigenvalue weighted by Crippen LogP contribution is -2.35. The molecular formula is C11H23N5.